The molecule has 2 heterocycles. The lowest BCUT2D eigenvalue weighted by Crippen LogP contribution is -2.45. The van der Waals surface area contributed by atoms with Crippen LogP contribution in [0, 0.1) is 6.57 Å². The molecular formula is C18H19FN4S. The molecule has 3 aliphatic rings. The summed E-state index contributed by atoms with van der Waals surface area (Å²) >= 11 is 1.49. The number of hydrogen-bond donors (Lipinski definition) is 0. The molecule has 0 N–H and O–H groups in total. The van der Waals surface area contributed by atoms with E-state index in [0.29, 0.717) is 29.8 Å². The first-order chi connectivity index (χ1) is 11.7. The van der Waals surface area contributed by atoms with Gasteiger partial charge in [0.2, 0.25) is 5.00 Å². The van der Waals surface area contributed by atoms with Gasteiger partial charge in [-0.3, -0.25) is 0 Å². The fraction of sp³-hybridized carbons (Fsp3) is 0.611. The van der Waals surface area contributed by atoms with Crippen LogP contribution >= 0.6 is 11.3 Å². The zero-order chi connectivity index (χ0) is 16.3. The topological polar surface area (TPSA) is 35.1 Å². The van der Waals surface area contributed by atoms with Crippen LogP contribution in [0.25, 0.3) is 4.85 Å². The highest BCUT2D eigenvalue weighted by molar-refractivity contribution is 7.16. The Kier molecular flexibility index (Phi) is 3.12. The smallest absolute Gasteiger partial charge is 0.241 e. The Morgan fingerprint density at radius 2 is 2.00 bits per heavy atom. The van der Waals surface area contributed by atoms with E-state index in [1.54, 1.807) is 0 Å². The second-order valence-corrected chi connectivity index (χ2v) is 8.51. The van der Waals surface area contributed by atoms with Crippen molar-refractivity contribution < 1.29 is 4.39 Å². The van der Waals surface area contributed by atoms with Crippen molar-refractivity contribution in [3.05, 3.63) is 40.1 Å². The summed E-state index contributed by atoms with van der Waals surface area (Å²) in [6, 6.07) is 4.35. The van der Waals surface area contributed by atoms with Gasteiger partial charge in [0, 0.05) is 16.8 Å². The van der Waals surface area contributed by atoms with Gasteiger partial charge in [0.15, 0.2) is 0 Å². The molecule has 6 heteroatoms. The minimum Gasteiger partial charge on any atom is -0.311 e. The SMILES string of the molecule is [C-]#[N+]c1ccc(C2(c3nnc(C4CCC4)n3C3CC3)CC(F)C2)s1. The predicted molar refractivity (Wildman–Crippen MR) is 90.4 cm³/mol. The molecule has 0 saturated heterocycles. The number of aromatic nitrogens is 3. The highest BCUT2D eigenvalue weighted by Crippen LogP contribution is 2.55. The summed E-state index contributed by atoms with van der Waals surface area (Å²) in [4.78, 5) is 4.61. The Labute approximate surface area is 144 Å². The lowest BCUT2D eigenvalue weighted by molar-refractivity contribution is 0.116. The van der Waals surface area contributed by atoms with E-state index in [-0.39, 0.29) is 5.41 Å². The predicted octanol–water partition coefficient (Wildman–Crippen LogP) is 4.91. The highest BCUT2D eigenvalue weighted by atomic mass is 32.1. The van der Waals surface area contributed by atoms with Crippen molar-refractivity contribution >= 4 is 16.3 Å². The molecule has 124 valence electrons. The summed E-state index contributed by atoms with van der Waals surface area (Å²) in [5, 5.41) is 9.83. The van der Waals surface area contributed by atoms with Gasteiger partial charge in [-0.25, -0.2) is 9.24 Å². The first-order valence-electron chi connectivity index (χ1n) is 8.78. The van der Waals surface area contributed by atoms with Crippen LogP contribution in [0.2, 0.25) is 0 Å². The summed E-state index contributed by atoms with van der Waals surface area (Å²) in [6.07, 6.45) is 6.19. The maximum Gasteiger partial charge on any atom is 0.241 e. The van der Waals surface area contributed by atoms with E-state index in [1.807, 2.05) is 12.1 Å². The van der Waals surface area contributed by atoms with Crippen molar-refractivity contribution in [3.63, 3.8) is 0 Å². The van der Waals surface area contributed by atoms with E-state index in [2.05, 4.69) is 19.6 Å². The Bertz CT molecular complexity index is 818. The third kappa shape index (κ3) is 2.00. The van der Waals surface area contributed by atoms with Crippen molar-refractivity contribution in [1.82, 2.24) is 14.8 Å². The van der Waals surface area contributed by atoms with Crippen LogP contribution < -0.4 is 0 Å². The van der Waals surface area contributed by atoms with Gasteiger partial charge in [-0.2, -0.15) is 11.3 Å². The van der Waals surface area contributed by atoms with Gasteiger partial charge < -0.3 is 4.57 Å². The van der Waals surface area contributed by atoms with Crippen LogP contribution in [0.3, 0.4) is 0 Å². The first-order valence-corrected chi connectivity index (χ1v) is 9.60. The molecule has 3 aliphatic carbocycles. The highest BCUT2D eigenvalue weighted by Gasteiger charge is 2.53. The molecule has 0 atom stereocenters. The molecular weight excluding hydrogens is 323 g/mol. The zero-order valence-electron chi connectivity index (χ0n) is 13.4. The summed E-state index contributed by atoms with van der Waals surface area (Å²) in [5.41, 5.74) is -0.370. The molecule has 4 nitrogen and oxygen atoms in total. The van der Waals surface area contributed by atoms with Crippen molar-refractivity contribution in [2.24, 2.45) is 0 Å². The Morgan fingerprint density at radius 1 is 1.21 bits per heavy atom. The van der Waals surface area contributed by atoms with Crippen molar-refractivity contribution in [2.75, 3.05) is 0 Å². The molecule has 2 aromatic heterocycles. The molecule has 3 fully saturated rings. The molecule has 0 bridgehead atoms. The van der Waals surface area contributed by atoms with Crippen molar-refractivity contribution in [3.8, 4) is 0 Å². The van der Waals surface area contributed by atoms with E-state index in [4.69, 9.17) is 6.57 Å². The van der Waals surface area contributed by atoms with E-state index in [0.717, 1.165) is 16.5 Å². The van der Waals surface area contributed by atoms with Gasteiger partial charge in [0.05, 0.1) is 12.0 Å². The molecule has 0 aromatic carbocycles. The molecule has 0 radical (unpaired) electrons. The van der Waals surface area contributed by atoms with Crippen LogP contribution in [0.1, 0.15) is 73.4 Å². The Hall–Kier alpha value is -1.74. The molecule has 24 heavy (non-hydrogen) atoms. The fourth-order valence-corrected chi connectivity index (χ4v) is 5.10. The number of alkyl halides is 1. The van der Waals surface area contributed by atoms with Crippen LogP contribution in [-0.4, -0.2) is 20.9 Å². The normalized spacial score (nSPS) is 29.8. The van der Waals surface area contributed by atoms with Crippen molar-refractivity contribution in [2.45, 2.75) is 68.5 Å². The van der Waals surface area contributed by atoms with Crippen LogP contribution in [0.15, 0.2) is 12.1 Å². The summed E-state index contributed by atoms with van der Waals surface area (Å²) in [6.45, 7) is 7.22. The van der Waals surface area contributed by atoms with E-state index < -0.39 is 6.17 Å². The fourth-order valence-electron chi connectivity index (χ4n) is 4.10. The van der Waals surface area contributed by atoms with E-state index in [9.17, 15) is 4.39 Å². The second kappa shape index (κ2) is 5.13. The lowest BCUT2D eigenvalue weighted by atomic mass is 9.65. The summed E-state index contributed by atoms with van der Waals surface area (Å²) < 4.78 is 16.3. The molecule has 2 aromatic rings. The van der Waals surface area contributed by atoms with Crippen molar-refractivity contribution in [1.29, 1.82) is 0 Å². The maximum atomic E-state index is 14.0. The lowest BCUT2D eigenvalue weighted by Gasteiger charge is -2.43. The average molecular weight is 342 g/mol. The number of halogens is 1. The minimum absolute atomic E-state index is 0.370. The third-order valence-electron chi connectivity index (χ3n) is 5.85. The van der Waals surface area contributed by atoms with Gasteiger partial charge in [-0.1, -0.05) is 12.5 Å². The standard InChI is InChI=1S/C18H19FN4S/c1-20-15-8-7-14(24-15)18(9-12(19)10-18)17-22-21-16(11-3-2-4-11)23(17)13-5-6-13/h7-8,11-13H,2-6,9-10H2. The Morgan fingerprint density at radius 3 is 2.54 bits per heavy atom. The van der Waals surface area contributed by atoms with Crippen LogP contribution in [0.5, 0.6) is 0 Å². The third-order valence-corrected chi connectivity index (χ3v) is 7.03. The monoisotopic (exact) mass is 342 g/mol. The van der Waals surface area contributed by atoms with Gasteiger partial charge >= 0.3 is 0 Å². The number of hydrogen-bond acceptors (Lipinski definition) is 3. The first kappa shape index (κ1) is 14.6. The number of nitrogens with zero attached hydrogens (tertiary/aromatic N) is 4. The van der Waals surface area contributed by atoms with Gasteiger partial charge in [-0.05, 0) is 44.6 Å². The Balaban J connectivity index is 1.62. The van der Waals surface area contributed by atoms with Crippen LogP contribution in [-0.2, 0) is 5.41 Å². The van der Waals surface area contributed by atoms with Gasteiger partial charge in [0.1, 0.15) is 17.8 Å². The minimum atomic E-state index is -0.778. The molecule has 0 spiro atoms. The molecule has 5 rings (SSSR count). The molecule has 0 aliphatic heterocycles. The molecule has 3 saturated carbocycles. The number of thiophene rings is 1. The average Bonchev–Trinajstić information content (AvgIpc) is 3.07. The quantitative estimate of drug-likeness (QED) is 0.740. The van der Waals surface area contributed by atoms with E-state index >= 15 is 0 Å². The van der Waals surface area contributed by atoms with Gasteiger partial charge in [-0.15, -0.1) is 10.2 Å². The molecule has 0 unspecified atom stereocenters. The summed E-state index contributed by atoms with van der Waals surface area (Å²) in [5.74, 6) is 2.62. The number of rotatable bonds is 4. The zero-order valence-corrected chi connectivity index (χ0v) is 14.2. The van der Waals surface area contributed by atoms with Gasteiger partial charge in [0.25, 0.3) is 0 Å². The molecule has 0 amide bonds. The maximum absolute atomic E-state index is 14.0. The largest absolute Gasteiger partial charge is 0.311 e. The second-order valence-electron chi connectivity index (χ2n) is 7.45. The van der Waals surface area contributed by atoms with Crippen LogP contribution in [0.4, 0.5) is 9.39 Å². The van der Waals surface area contributed by atoms with E-state index in [1.165, 1.54) is 43.4 Å². The summed E-state index contributed by atoms with van der Waals surface area (Å²) in [7, 11) is 0.